The third-order valence-electron chi connectivity index (χ3n) is 3.67. The zero-order valence-corrected chi connectivity index (χ0v) is 14.4. The zero-order valence-electron chi connectivity index (χ0n) is 13.6. The molecule has 2 aromatic carbocycles. The average Bonchev–Trinajstić information content (AvgIpc) is 2.55. The SMILES string of the molecule is COc1ccccc1CN(C)S(=O)(=O)c1ccc(C)c([N+](=O)[O-])c1. The molecule has 8 heteroatoms. The van der Waals surface area contributed by atoms with E-state index < -0.39 is 14.9 Å². The van der Waals surface area contributed by atoms with Gasteiger partial charge < -0.3 is 4.74 Å². The van der Waals surface area contributed by atoms with Gasteiger partial charge in [-0.15, -0.1) is 0 Å². The molecule has 0 aliphatic heterocycles. The molecule has 0 atom stereocenters. The van der Waals surface area contributed by atoms with Crippen LogP contribution in [0.25, 0.3) is 0 Å². The molecule has 0 bridgehead atoms. The molecule has 0 saturated heterocycles. The third-order valence-corrected chi connectivity index (χ3v) is 5.47. The van der Waals surface area contributed by atoms with Gasteiger partial charge in [0, 0.05) is 30.8 Å². The second kappa shape index (κ2) is 6.98. The van der Waals surface area contributed by atoms with Crippen LogP contribution in [0.15, 0.2) is 47.4 Å². The molecular weight excluding hydrogens is 332 g/mol. The quantitative estimate of drug-likeness (QED) is 0.590. The summed E-state index contributed by atoms with van der Waals surface area (Å²) in [6.45, 7) is 1.65. The van der Waals surface area contributed by atoms with E-state index in [1.54, 1.807) is 31.2 Å². The number of nitro groups is 1. The number of hydrogen-bond acceptors (Lipinski definition) is 5. The Balaban J connectivity index is 2.36. The van der Waals surface area contributed by atoms with Crippen LogP contribution in [-0.4, -0.2) is 31.8 Å². The molecule has 0 aromatic heterocycles. The molecule has 0 unspecified atom stereocenters. The van der Waals surface area contributed by atoms with Gasteiger partial charge >= 0.3 is 0 Å². The third kappa shape index (κ3) is 3.55. The topological polar surface area (TPSA) is 89.8 Å². The van der Waals surface area contributed by atoms with E-state index in [2.05, 4.69) is 0 Å². The summed E-state index contributed by atoms with van der Waals surface area (Å²) in [7, 11) is -0.927. The summed E-state index contributed by atoms with van der Waals surface area (Å²) in [6.07, 6.45) is 0. The number of para-hydroxylation sites is 1. The molecule has 0 heterocycles. The maximum absolute atomic E-state index is 12.7. The molecule has 0 fully saturated rings. The van der Waals surface area contributed by atoms with E-state index in [4.69, 9.17) is 4.74 Å². The van der Waals surface area contributed by atoms with Crippen molar-refractivity contribution < 1.29 is 18.1 Å². The molecule has 0 spiro atoms. The van der Waals surface area contributed by atoms with Gasteiger partial charge in [-0.25, -0.2) is 8.42 Å². The fourth-order valence-electron chi connectivity index (χ4n) is 2.28. The minimum absolute atomic E-state index is 0.0913. The maximum Gasteiger partial charge on any atom is 0.273 e. The maximum atomic E-state index is 12.7. The molecule has 0 amide bonds. The van der Waals surface area contributed by atoms with Crippen molar-refractivity contribution in [3.63, 3.8) is 0 Å². The van der Waals surface area contributed by atoms with Gasteiger partial charge in [-0.1, -0.05) is 24.3 Å². The van der Waals surface area contributed by atoms with E-state index in [-0.39, 0.29) is 17.1 Å². The summed E-state index contributed by atoms with van der Waals surface area (Å²) in [5.41, 5.74) is 0.890. The van der Waals surface area contributed by atoms with Gasteiger partial charge in [-0.3, -0.25) is 10.1 Å². The predicted molar refractivity (Wildman–Crippen MR) is 89.5 cm³/mol. The van der Waals surface area contributed by atoms with Crippen LogP contribution in [0.5, 0.6) is 5.75 Å². The Bertz CT molecular complexity index is 865. The van der Waals surface area contributed by atoms with E-state index in [1.165, 1.54) is 26.3 Å². The molecule has 2 rings (SSSR count). The Hall–Kier alpha value is -2.45. The highest BCUT2D eigenvalue weighted by Gasteiger charge is 2.25. The van der Waals surface area contributed by atoms with Gasteiger partial charge in [0.1, 0.15) is 5.75 Å². The van der Waals surface area contributed by atoms with Crippen molar-refractivity contribution in [1.82, 2.24) is 4.31 Å². The first-order valence-electron chi connectivity index (χ1n) is 7.10. The molecule has 2 aromatic rings. The van der Waals surface area contributed by atoms with Crippen molar-refractivity contribution in [2.45, 2.75) is 18.4 Å². The van der Waals surface area contributed by atoms with Crippen molar-refractivity contribution in [1.29, 1.82) is 0 Å². The summed E-state index contributed by atoms with van der Waals surface area (Å²) >= 11 is 0. The molecule has 0 N–H and O–H groups in total. The van der Waals surface area contributed by atoms with Crippen molar-refractivity contribution in [2.75, 3.05) is 14.2 Å². The van der Waals surface area contributed by atoms with E-state index in [0.29, 0.717) is 16.9 Å². The number of aryl methyl sites for hydroxylation is 1. The van der Waals surface area contributed by atoms with Crippen LogP contribution < -0.4 is 4.74 Å². The standard InChI is InChI=1S/C16H18N2O5S/c1-12-8-9-14(10-15(12)18(19)20)24(21,22)17(2)11-13-6-4-5-7-16(13)23-3/h4-10H,11H2,1-3H3. The average molecular weight is 350 g/mol. The zero-order chi connectivity index (χ0) is 17.9. The van der Waals surface area contributed by atoms with Gasteiger partial charge in [0.15, 0.2) is 0 Å². The number of nitro benzene ring substituents is 1. The Kier molecular flexibility index (Phi) is 5.20. The molecule has 0 aliphatic carbocycles. The summed E-state index contributed by atoms with van der Waals surface area (Å²) in [5, 5.41) is 11.0. The van der Waals surface area contributed by atoms with Crippen LogP contribution in [0.3, 0.4) is 0 Å². The number of benzene rings is 2. The van der Waals surface area contributed by atoms with Crippen molar-refractivity contribution in [3.05, 3.63) is 63.7 Å². The van der Waals surface area contributed by atoms with Gasteiger partial charge in [0.05, 0.1) is 16.9 Å². The van der Waals surface area contributed by atoms with Crippen molar-refractivity contribution >= 4 is 15.7 Å². The molecule has 0 saturated carbocycles. The fraction of sp³-hybridized carbons (Fsp3) is 0.250. The van der Waals surface area contributed by atoms with Crippen LogP contribution in [0.4, 0.5) is 5.69 Å². The minimum Gasteiger partial charge on any atom is -0.496 e. The fourth-order valence-corrected chi connectivity index (χ4v) is 3.45. The molecule has 0 radical (unpaired) electrons. The summed E-state index contributed by atoms with van der Waals surface area (Å²) in [5.74, 6) is 0.578. The van der Waals surface area contributed by atoms with Crippen LogP contribution in [0.2, 0.25) is 0 Å². The van der Waals surface area contributed by atoms with Crippen LogP contribution in [-0.2, 0) is 16.6 Å². The molecular formula is C16H18N2O5S. The summed E-state index contributed by atoms with van der Waals surface area (Å²) in [6, 6.07) is 11.0. The van der Waals surface area contributed by atoms with Crippen LogP contribution in [0, 0.1) is 17.0 Å². The Morgan fingerprint density at radius 3 is 2.50 bits per heavy atom. The monoisotopic (exact) mass is 350 g/mol. The number of ether oxygens (including phenoxy) is 1. The minimum atomic E-state index is -3.86. The number of nitrogens with zero attached hydrogens (tertiary/aromatic N) is 2. The summed E-state index contributed by atoms with van der Waals surface area (Å²) in [4.78, 5) is 10.3. The van der Waals surface area contributed by atoms with Gasteiger partial charge in [0.2, 0.25) is 10.0 Å². The lowest BCUT2D eigenvalue weighted by atomic mass is 10.2. The Morgan fingerprint density at radius 1 is 1.21 bits per heavy atom. The van der Waals surface area contributed by atoms with Crippen molar-refractivity contribution in [2.24, 2.45) is 0 Å². The summed E-state index contributed by atoms with van der Waals surface area (Å²) < 4.78 is 31.7. The molecule has 128 valence electrons. The van der Waals surface area contributed by atoms with E-state index in [1.807, 2.05) is 0 Å². The van der Waals surface area contributed by atoms with Crippen molar-refractivity contribution in [3.8, 4) is 5.75 Å². The second-order valence-electron chi connectivity index (χ2n) is 5.28. The molecule has 7 nitrogen and oxygen atoms in total. The van der Waals surface area contributed by atoms with Crippen LogP contribution in [0.1, 0.15) is 11.1 Å². The van der Waals surface area contributed by atoms with Gasteiger partial charge in [0.25, 0.3) is 5.69 Å². The first kappa shape index (κ1) is 17.9. The normalized spacial score (nSPS) is 11.5. The second-order valence-corrected chi connectivity index (χ2v) is 7.32. The number of methoxy groups -OCH3 is 1. The molecule has 24 heavy (non-hydrogen) atoms. The number of rotatable bonds is 6. The highest BCUT2D eigenvalue weighted by atomic mass is 32.2. The lowest BCUT2D eigenvalue weighted by Crippen LogP contribution is -2.26. The first-order valence-corrected chi connectivity index (χ1v) is 8.54. The largest absolute Gasteiger partial charge is 0.496 e. The smallest absolute Gasteiger partial charge is 0.273 e. The molecule has 0 aliphatic rings. The van der Waals surface area contributed by atoms with E-state index in [9.17, 15) is 18.5 Å². The predicted octanol–water partition coefficient (Wildman–Crippen LogP) is 2.73. The lowest BCUT2D eigenvalue weighted by Gasteiger charge is -2.18. The number of hydrogen-bond donors (Lipinski definition) is 0. The highest BCUT2D eigenvalue weighted by Crippen LogP contribution is 2.26. The van der Waals surface area contributed by atoms with E-state index >= 15 is 0 Å². The van der Waals surface area contributed by atoms with Crippen LogP contribution >= 0.6 is 0 Å². The Morgan fingerprint density at radius 2 is 1.88 bits per heavy atom. The first-order chi connectivity index (χ1) is 11.3. The Labute approximate surface area is 140 Å². The van der Waals surface area contributed by atoms with Gasteiger partial charge in [-0.05, 0) is 19.1 Å². The highest BCUT2D eigenvalue weighted by molar-refractivity contribution is 7.89. The lowest BCUT2D eigenvalue weighted by molar-refractivity contribution is -0.385. The van der Waals surface area contributed by atoms with E-state index in [0.717, 1.165) is 10.4 Å². The number of sulfonamides is 1. The van der Waals surface area contributed by atoms with Gasteiger partial charge in [-0.2, -0.15) is 4.31 Å².